The second-order valence-electron chi connectivity index (χ2n) is 10.2. The van der Waals surface area contributed by atoms with Gasteiger partial charge in [-0.25, -0.2) is 14.4 Å². The van der Waals surface area contributed by atoms with Gasteiger partial charge in [0.1, 0.15) is 11.6 Å². The lowest BCUT2D eigenvalue weighted by Crippen LogP contribution is -2.55. The Morgan fingerprint density at radius 1 is 1.12 bits per heavy atom. The highest BCUT2D eigenvalue weighted by Crippen LogP contribution is 2.29. The molecule has 2 aromatic carbocycles. The smallest absolute Gasteiger partial charge is 0.387 e. The van der Waals surface area contributed by atoms with E-state index in [9.17, 15) is 23.2 Å². The summed E-state index contributed by atoms with van der Waals surface area (Å²) in [6, 6.07) is 8.73. The molecule has 0 unspecified atom stereocenters. The summed E-state index contributed by atoms with van der Waals surface area (Å²) in [5.41, 5.74) is 0.888. The zero-order chi connectivity index (χ0) is 30.8. The third-order valence-electron chi connectivity index (χ3n) is 7.34. The second kappa shape index (κ2) is 12.2. The molecule has 3 heterocycles. The number of fused-ring (bicyclic) bond motifs is 1. The minimum Gasteiger partial charge on any atom is -0.456 e. The molecule has 5 rings (SSSR count). The van der Waals surface area contributed by atoms with Gasteiger partial charge < -0.3 is 19.3 Å². The van der Waals surface area contributed by atoms with E-state index in [1.807, 2.05) is 11.8 Å². The van der Waals surface area contributed by atoms with Crippen LogP contribution in [0, 0.1) is 5.82 Å². The van der Waals surface area contributed by atoms with Gasteiger partial charge in [-0.05, 0) is 25.1 Å². The normalized spacial score (nSPS) is 15.3. The van der Waals surface area contributed by atoms with Crippen molar-refractivity contribution >= 4 is 28.7 Å². The Bertz CT molecular complexity index is 1720. The van der Waals surface area contributed by atoms with Gasteiger partial charge in [-0.2, -0.15) is 8.78 Å². The van der Waals surface area contributed by atoms with Crippen LogP contribution in [0.5, 0.6) is 5.75 Å². The quantitative estimate of drug-likeness (QED) is 0.285. The minimum absolute atomic E-state index is 0.0200. The van der Waals surface area contributed by atoms with E-state index in [0.717, 1.165) is 6.07 Å². The molecule has 43 heavy (non-hydrogen) atoms. The minimum atomic E-state index is -3.02. The number of carbonyl (C=O) groups excluding carboxylic acids is 2. The van der Waals surface area contributed by atoms with Crippen LogP contribution in [0.25, 0.3) is 22.0 Å². The van der Waals surface area contributed by atoms with E-state index in [0.29, 0.717) is 42.2 Å². The van der Waals surface area contributed by atoms with Crippen molar-refractivity contribution < 1.29 is 32.2 Å². The average molecular weight is 599 g/mol. The fraction of sp³-hybridized carbons (Fsp3) is 0.345. The lowest BCUT2D eigenvalue weighted by atomic mass is 10.1. The molecular weight excluding hydrogens is 569 g/mol. The Balaban J connectivity index is 1.39. The zero-order valence-electron chi connectivity index (χ0n) is 23.7. The second-order valence-corrected chi connectivity index (χ2v) is 10.2. The summed E-state index contributed by atoms with van der Waals surface area (Å²) in [5.74, 6) is -1.08. The monoisotopic (exact) mass is 598 g/mol. The van der Waals surface area contributed by atoms with Crippen LogP contribution in [0.3, 0.4) is 0 Å². The summed E-state index contributed by atoms with van der Waals surface area (Å²) in [4.78, 5) is 48.7. The molecule has 1 aliphatic heterocycles. The van der Waals surface area contributed by atoms with Crippen LogP contribution >= 0.6 is 0 Å². The molecule has 11 nitrogen and oxygen atoms in total. The van der Waals surface area contributed by atoms with Gasteiger partial charge >= 0.3 is 12.6 Å². The molecule has 2 aromatic heterocycles. The Labute approximate surface area is 244 Å². The fourth-order valence-electron chi connectivity index (χ4n) is 5.19. The molecule has 0 saturated carbocycles. The first-order valence-electron chi connectivity index (χ1n) is 13.5. The van der Waals surface area contributed by atoms with Crippen LogP contribution in [0.4, 0.5) is 19.1 Å². The van der Waals surface area contributed by atoms with Crippen molar-refractivity contribution in [1.82, 2.24) is 24.2 Å². The van der Waals surface area contributed by atoms with E-state index in [1.165, 1.54) is 43.2 Å². The van der Waals surface area contributed by atoms with Crippen LogP contribution in [-0.2, 0) is 27.9 Å². The number of para-hydroxylation sites is 1. The van der Waals surface area contributed by atoms with Gasteiger partial charge in [-0.1, -0.05) is 18.2 Å². The Kier molecular flexibility index (Phi) is 8.37. The van der Waals surface area contributed by atoms with Gasteiger partial charge in [0.05, 0.1) is 17.4 Å². The largest absolute Gasteiger partial charge is 0.456 e. The van der Waals surface area contributed by atoms with Crippen LogP contribution in [-0.4, -0.2) is 75.0 Å². The maximum atomic E-state index is 15.3. The Morgan fingerprint density at radius 2 is 1.84 bits per heavy atom. The first-order chi connectivity index (χ1) is 20.5. The Hall–Kier alpha value is -4.88. The topological polar surface area (TPSA) is 112 Å². The molecule has 14 heteroatoms. The molecule has 226 valence electrons. The van der Waals surface area contributed by atoms with Gasteiger partial charge in [-0.15, -0.1) is 0 Å². The van der Waals surface area contributed by atoms with Crippen molar-refractivity contribution in [1.29, 1.82) is 0 Å². The number of ether oxygens (including phenoxy) is 2. The molecule has 1 aliphatic rings. The third kappa shape index (κ3) is 6.17. The molecule has 1 saturated heterocycles. The molecule has 0 aliphatic carbocycles. The number of alkyl halides is 2. The van der Waals surface area contributed by atoms with Gasteiger partial charge in [0.15, 0.2) is 6.61 Å². The summed E-state index contributed by atoms with van der Waals surface area (Å²) in [7, 11) is 1.51. The highest BCUT2D eigenvalue weighted by atomic mass is 19.3. The van der Waals surface area contributed by atoms with Crippen LogP contribution < -0.4 is 15.2 Å². The molecular formula is C29H29F3N6O5. The number of rotatable bonds is 8. The molecule has 1 fully saturated rings. The molecule has 4 aromatic rings. The standard InChI is InChI=1S/C29H29F3N6O5/c1-17-14-36(8-9-37(17)26(40)16-42-18(2)39)29-33-12-20(13-34-29)21-11-24-22(10-23(21)30)27(41)35(3)38(24)15-19-6-4-5-7-25(19)43-28(31)32/h4-7,10-13,17,28H,8-9,14-16H2,1-3H3/t17-/m1/s1. The summed E-state index contributed by atoms with van der Waals surface area (Å²) in [6.45, 7) is 1.08. The fourth-order valence-corrected chi connectivity index (χ4v) is 5.19. The van der Waals surface area contributed by atoms with Gasteiger partial charge in [0, 0.05) is 68.7 Å². The number of hydrogen-bond donors (Lipinski definition) is 0. The van der Waals surface area contributed by atoms with Gasteiger partial charge in [0.25, 0.3) is 11.5 Å². The third-order valence-corrected chi connectivity index (χ3v) is 7.34. The van der Waals surface area contributed by atoms with E-state index in [-0.39, 0.29) is 41.8 Å². The number of halogens is 3. The number of esters is 1. The number of hydrogen-bond acceptors (Lipinski definition) is 8. The predicted octanol–water partition coefficient (Wildman–Crippen LogP) is 3.19. The van der Waals surface area contributed by atoms with Crippen molar-refractivity contribution in [2.24, 2.45) is 7.05 Å². The van der Waals surface area contributed by atoms with E-state index in [4.69, 9.17) is 4.74 Å². The van der Waals surface area contributed by atoms with E-state index < -0.39 is 24.0 Å². The summed E-state index contributed by atoms with van der Waals surface area (Å²) < 4.78 is 53.5. The lowest BCUT2D eigenvalue weighted by Gasteiger charge is -2.39. The number of anilines is 1. The van der Waals surface area contributed by atoms with Crippen LogP contribution in [0.1, 0.15) is 19.4 Å². The number of carbonyl (C=O) groups is 2. The van der Waals surface area contributed by atoms with Crippen molar-refractivity contribution in [3.8, 4) is 16.9 Å². The van der Waals surface area contributed by atoms with E-state index in [1.54, 1.807) is 27.8 Å². The molecule has 0 radical (unpaired) electrons. The Morgan fingerprint density at radius 3 is 2.51 bits per heavy atom. The molecule has 0 bridgehead atoms. The number of benzene rings is 2. The SMILES string of the molecule is CC(=O)OCC(=O)N1CCN(c2ncc(-c3cc4c(cc3F)c(=O)n(C)n4Cc3ccccc3OC(F)F)cn2)C[C@H]1C. The summed E-state index contributed by atoms with van der Waals surface area (Å²) >= 11 is 0. The number of nitrogens with zero attached hydrogens (tertiary/aromatic N) is 6. The highest BCUT2D eigenvalue weighted by Gasteiger charge is 2.29. The molecule has 1 atom stereocenters. The maximum absolute atomic E-state index is 15.3. The number of piperazine rings is 1. The van der Waals surface area contributed by atoms with Crippen molar-refractivity contribution in [2.45, 2.75) is 33.0 Å². The van der Waals surface area contributed by atoms with Crippen LogP contribution in [0.2, 0.25) is 0 Å². The number of amides is 1. The molecule has 0 spiro atoms. The highest BCUT2D eigenvalue weighted by molar-refractivity contribution is 5.85. The van der Waals surface area contributed by atoms with Crippen molar-refractivity contribution in [3.63, 3.8) is 0 Å². The van der Waals surface area contributed by atoms with Gasteiger partial charge in [0.2, 0.25) is 5.95 Å². The van der Waals surface area contributed by atoms with Gasteiger partial charge in [-0.3, -0.25) is 23.7 Å². The molecule has 1 amide bonds. The first kappa shape index (κ1) is 29.6. The predicted molar refractivity (Wildman–Crippen MR) is 150 cm³/mol. The average Bonchev–Trinajstić information content (AvgIpc) is 3.20. The van der Waals surface area contributed by atoms with Crippen molar-refractivity contribution in [2.75, 3.05) is 31.1 Å². The maximum Gasteiger partial charge on any atom is 0.387 e. The zero-order valence-corrected chi connectivity index (χ0v) is 23.7. The van der Waals surface area contributed by atoms with Crippen LogP contribution in [0.15, 0.2) is 53.6 Å². The molecule has 0 N–H and O–H groups in total. The van der Waals surface area contributed by atoms with E-state index in [2.05, 4.69) is 14.7 Å². The van der Waals surface area contributed by atoms with Crippen molar-refractivity contribution in [3.05, 3.63) is 70.5 Å². The lowest BCUT2D eigenvalue weighted by molar-refractivity contribution is -0.151. The number of aromatic nitrogens is 4. The summed E-state index contributed by atoms with van der Waals surface area (Å²) in [5, 5.41) is 0.128. The first-order valence-corrected chi connectivity index (χ1v) is 13.5. The van der Waals surface area contributed by atoms with E-state index >= 15 is 4.39 Å². The summed E-state index contributed by atoms with van der Waals surface area (Å²) in [6.07, 6.45) is 2.96.